The molecule has 0 radical (unpaired) electrons. The molecule has 0 aliphatic rings. The number of non-ortho nitro benzene ring substituents is 1. The molecule has 2 rings (SSSR count). The third-order valence-electron chi connectivity index (χ3n) is 3.80. The van der Waals surface area contributed by atoms with Crippen LogP contribution in [-0.2, 0) is 25.0 Å². The van der Waals surface area contributed by atoms with Gasteiger partial charge in [-0.3, -0.25) is 14.7 Å². The highest BCUT2D eigenvalue weighted by Gasteiger charge is 2.39. The van der Waals surface area contributed by atoms with Gasteiger partial charge in [0.25, 0.3) is 5.69 Å². The molecule has 0 heterocycles. The molecule has 1 atom stereocenters. The van der Waals surface area contributed by atoms with Crippen LogP contribution in [0.25, 0.3) is 0 Å². The fourth-order valence-electron chi connectivity index (χ4n) is 2.58. The van der Waals surface area contributed by atoms with Crippen LogP contribution in [0.3, 0.4) is 0 Å². The molecule has 0 saturated carbocycles. The van der Waals surface area contributed by atoms with Gasteiger partial charge in [0.05, 0.1) is 18.1 Å². The van der Waals surface area contributed by atoms with Crippen molar-refractivity contribution in [3.05, 3.63) is 75.8 Å². The normalized spacial score (nSPS) is 12.2. The number of nitro benzene ring substituents is 1. The van der Waals surface area contributed by atoms with Crippen molar-refractivity contribution in [2.45, 2.75) is 26.2 Å². The number of carbonyl (C=O) groups is 1. The highest BCUT2D eigenvalue weighted by atomic mass is 31.2. The lowest BCUT2D eigenvalue weighted by molar-refractivity contribution is -0.384. The number of amides is 1. The molecule has 0 aliphatic heterocycles. The van der Waals surface area contributed by atoms with Crippen LogP contribution in [0.5, 0.6) is 0 Å². The van der Waals surface area contributed by atoms with Gasteiger partial charge < -0.3 is 19.1 Å². The summed E-state index contributed by atoms with van der Waals surface area (Å²) < 4.78 is 29.2. The van der Waals surface area contributed by atoms with Gasteiger partial charge in [0, 0.05) is 12.1 Å². The summed E-state index contributed by atoms with van der Waals surface area (Å²) in [4.78, 5) is 22.9. The molecule has 29 heavy (non-hydrogen) atoms. The van der Waals surface area contributed by atoms with Crippen LogP contribution in [0.2, 0.25) is 0 Å². The first-order chi connectivity index (χ1) is 13.9. The quantitative estimate of drug-likeness (QED) is 0.332. The van der Waals surface area contributed by atoms with Crippen molar-refractivity contribution in [3.8, 4) is 0 Å². The minimum atomic E-state index is -3.89. The zero-order valence-electron chi connectivity index (χ0n) is 16.1. The van der Waals surface area contributed by atoms with E-state index in [0.29, 0.717) is 0 Å². The summed E-state index contributed by atoms with van der Waals surface area (Å²) in [5, 5.41) is 13.6. The third-order valence-corrected chi connectivity index (χ3v) is 6.09. The largest absolute Gasteiger partial charge is 0.445 e. The lowest BCUT2D eigenvalue weighted by atomic mass is 10.2. The molecule has 156 valence electrons. The first-order valence-corrected chi connectivity index (χ1v) is 10.6. The van der Waals surface area contributed by atoms with E-state index in [1.54, 1.807) is 38.1 Å². The number of carbonyl (C=O) groups excluding carboxylic acids is 1. The number of ether oxygens (including phenoxy) is 1. The van der Waals surface area contributed by atoms with E-state index < -0.39 is 24.4 Å². The monoisotopic (exact) mass is 422 g/mol. The van der Waals surface area contributed by atoms with Gasteiger partial charge in [-0.1, -0.05) is 42.5 Å². The molecule has 0 spiro atoms. The van der Waals surface area contributed by atoms with Crippen LogP contribution < -0.4 is 5.32 Å². The fourth-order valence-corrected chi connectivity index (χ4v) is 4.46. The van der Waals surface area contributed by atoms with Gasteiger partial charge in [0.2, 0.25) is 0 Å². The number of hydrogen-bond donors (Lipinski definition) is 1. The average Bonchev–Trinajstić information content (AvgIpc) is 2.71. The summed E-state index contributed by atoms with van der Waals surface area (Å²) in [6.45, 7) is 3.38. The maximum Gasteiger partial charge on any atom is 0.408 e. The number of nitrogens with one attached hydrogen (secondary N) is 1. The predicted molar refractivity (Wildman–Crippen MR) is 106 cm³/mol. The van der Waals surface area contributed by atoms with Crippen LogP contribution in [0, 0.1) is 10.1 Å². The number of alkyl carbamates (subject to hydrolysis) is 1. The van der Waals surface area contributed by atoms with Crippen LogP contribution in [0.4, 0.5) is 10.5 Å². The Hall–Kier alpha value is -2.74. The van der Waals surface area contributed by atoms with Gasteiger partial charge in [-0.25, -0.2) is 4.79 Å². The Morgan fingerprint density at radius 3 is 2.34 bits per heavy atom. The van der Waals surface area contributed by atoms with Crippen molar-refractivity contribution in [2.75, 3.05) is 13.2 Å². The molecular weight excluding hydrogens is 399 g/mol. The second-order valence-corrected chi connectivity index (χ2v) is 7.95. The first kappa shape index (κ1) is 22.5. The molecule has 2 aromatic carbocycles. The molecule has 0 saturated heterocycles. The lowest BCUT2D eigenvalue weighted by Crippen LogP contribution is -2.30. The van der Waals surface area contributed by atoms with E-state index in [1.165, 1.54) is 24.3 Å². The van der Waals surface area contributed by atoms with Crippen molar-refractivity contribution in [1.29, 1.82) is 0 Å². The highest BCUT2D eigenvalue weighted by molar-refractivity contribution is 7.54. The number of benzene rings is 2. The Balaban J connectivity index is 2.28. The molecule has 0 bridgehead atoms. The zero-order chi connectivity index (χ0) is 21.3. The summed E-state index contributed by atoms with van der Waals surface area (Å²) in [6.07, 6.45) is -0.856. The van der Waals surface area contributed by atoms with Gasteiger partial charge in [-0.2, -0.15) is 0 Å². The van der Waals surface area contributed by atoms with Gasteiger partial charge in [0.15, 0.2) is 5.78 Å². The maximum absolute atomic E-state index is 13.3. The lowest BCUT2D eigenvalue weighted by Gasteiger charge is -2.27. The Morgan fingerprint density at radius 2 is 1.76 bits per heavy atom. The summed E-state index contributed by atoms with van der Waals surface area (Å²) in [5.74, 6) is -1.27. The van der Waals surface area contributed by atoms with Crippen LogP contribution in [-0.4, -0.2) is 24.2 Å². The summed E-state index contributed by atoms with van der Waals surface area (Å²) in [5.41, 5.74) is 0.764. The number of rotatable bonds is 10. The molecule has 0 aromatic heterocycles. The van der Waals surface area contributed by atoms with Crippen LogP contribution in [0.1, 0.15) is 30.8 Å². The van der Waals surface area contributed by atoms with Crippen molar-refractivity contribution < 1.29 is 28.1 Å². The Bertz CT molecular complexity index is 866. The number of nitro groups is 1. The van der Waals surface area contributed by atoms with Crippen molar-refractivity contribution in [1.82, 2.24) is 5.32 Å². The minimum absolute atomic E-state index is 0.00189. The third kappa shape index (κ3) is 6.39. The molecule has 0 aliphatic carbocycles. The molecule has 10 heteroatoms. The van der Waals surface area contributed by atoms with Gasteiger partial charge in [-0.05, 0) is 25.0 Å². The Labute approximate surface area is 168 Å². The van der Waals surface area contributed by atoms with E-state index in [4.69, 9.17) is 13.8 Å². The first-order valence-electron chi connectivity index (χ1n) is 9.00. The summed E-state index contributed by atoms with van der Waals surface area (Å²) in [7, 11) is -3.89. The van der Waals surface area contributed by atoms with Crippen LogP contribution in [0.15, 0.2) is 54.6 Å². The highest BCUT2D eigenvalue weighted by Crippen LogP contribution is 2.59. The van der Waals surface area contributed by atoms with Gasteiger partial charge >= 0.3 is 13.7 Å². The fraction of sp³-hybridized carbons (Fsp3) is 0.316. The average molecular weight is 422 g/mol. The van der Waals surface area contributed by atoms with Crippen LogP contribution >= 0.6 is 7.60 Å². The molecule has 1 unspecified atom stereocenters. The van der Waals surface area contributed by atoms with E-state index in [-0.39, 0.29) is 31.1 Å². The Morgan fingerprint density at radius 1 is 1.10 bits per heavy atom. The van der Waals surface area contributed by atoms with Crippen molar-refractivity contribution in [2.24, 2.45) is 0 Å². The molecule has 1 amide bonds. The predicted octanol–water partition coefficient (Wildman–Crippen LogP) is 4.79. The van der Waals surface area contributed by atoms with E-state index in [0.717, 1.165) is 5.56 Å². The van der Waals surface area contributed by atoms with E-state index in [1.807, 2.05) is 6.07 Å². The van der Waals surface area contributed by atoms with E-state index in [9.17, 15) is 19.5 Å². The number of hydrogen-bond acceptors (Lipinski definition) is 7. The van der Waals surface area contributed by atoms with Crippen molar-refractivity contribution in [3.63, 3.8) is 0 Å². The van der Waals surface area contributed by atoms with Crippen molar-refractivity contribution >= 4 is 19.4 Å². The second-order valence-electron chi connectivity index (χ2n) is 5.84. The van der Waals surface area contributed by atoms with E-state index in [2.05, 4.69) is 5.32 Å². The maximum atomic E-state index is 13.3. The molecular formula is C19H23N2O7P. The minimum Gasteiger partial charge on any atom is -0.445 e. The molecule has 9 nitrogen and oxygen atoms in total. The summed E-state index contributed by atoms with van der Waals surface area (Å²) in [6, 6.07) is 14.5. The SMILES string of the molecule is CCOP(=O)(OCC)C(NC(=O)OCc1ccccc1)c1cccc([N+](=O)[O-])c1. The number of nitrogens with zero attached hydrogens (tertiary/aromatic N) is 1. The zero-order valence-corrected chi connectivity index (χ0v) is 17.0. The summed E-state index contributed by atoms with van der Waals surface area (Å²) >= 11 is 0. The standard InChI is InChI=1S/C19H23N2O7P/c1-3-27-29(25,28-4-2)18(16-11-8-12-17(13-16)21(23)24)20-19(22)26-14-15-9-6-5-7-10-15/h5-13,18H,3-4,14H2,1-2H3,(H,20,22). The smallest absolute Gasteiger partial charge is 0.408 e. The molecule has 2 aromatic rings. The van der Waals surface area contributed by atoms with Gasteiger partial charge in [-0.15, -0.1) is 0 Å². The van der Waals surface area contributed by atoms with Gasteiger partial charge in [0.1, 0.15) is 6.61 Å². The Kier molecular flexibility index (Phi) is 8.33. The topological polar surface area (TPSA) is 117 Å². The van der Waals surface area contributed by atoms with E-state index >= 15 is 0 Å². The molecule has 1 N–H and O–H groups in total. The second kappa shape index (κ2) is 10.7. The molecule has 0 fully saturated rings.